The second-order valence-corrected chi connectivity index (χ2v) is 9.30. The lowest BCUT2D eigenvalue weighted by Crippen LogP contribution is -2.29. The second kappa shape index (κ2) is 9.17. The van der Waals surface area contributed by atoms with Crippen LogP contribution < -0.4 is 25.5 Å². The molecule has 186 valence electrons. The number of ketones is 1. The van der Waals surface area contributed by atoms with Crippen molar-refractivity contribution in [2.75, 3.05) is 24.9 Å². The van der Waals surface area contributed by atoms with Crippen molar-refractivity contribution in [1.29, 1.82) is 0 Å². The predicted octanol–water partition coefficient (Wildman–Crippen LogP) is 5.79. The molecule has 1 aliphatic heterocycles. The van der Waals surface area contributed by atoms with Crippen LogP contribution in [0.5, 0.6) is 11.5 Å². The fourth-order valence-electron chi connectivity index (χ4n) is 5.36. The molecule has 1 aliphatic carbocycles. The van der Waals surface area contributed by atoms with E-state index in [1.807, 2.05) is 54.6 Å². The van der Waals surface area contributed by atoms with E-state index < -0.39 is 6.04 Å². The molecular formula is C30H26N2O5. The normalized spacial score (nSPS) is 18.8. The van der Waals surface area contributed by atoms with E-state index in [9.17, 15) is 9.59 Å². The van der Waals surface area contributed by atoms with Crippen molar-refractivity contribution in [2.45, 2.75) is 24.8 Å². The zero-order valence-electron chi connectivity index (χ0n) is 20.5. The van der Waals surface area contributed by atoms with Crippen LogP contribution in [0.4, 0.5) is 11.4 Å². The quantitative estimate of drug-likeness (QED) is 0.371. The molecule has 7 heteroatoms. The summed E-state index contributed by atoms with van der Waals surface area (Å²) in [6, 6.07) is 20.0. The summed E-state index contributed by atoms with van der Waals surface area (Å²) in [6.07, 6.45) is 2.39. The van der Waals surface area contributed by atoms with Gasteiger partial charge in [0.05, 0.1) is 42.6 Å². The lowest BCUT2D eigenvalue weighted by Gasteiger charge is -2.29. The SMILES string of the molecule is COc1ccc([C@@H]2CC(=O)C3=C(C2)Nc2ccccc2N[C@H]3c2coc3ccccc3c2=O)cc1OC. The van der Waals surface area contributed by atoms with Crippen LogP contribution >= 0.6 is 0 Å². The van der Waals surface area contributed by atoms with Gasteiger partial charge >= 0.3 is 0 Å². The number of anilines is 2. The maximum absolute atomic E-state index is 13.8. The Morgan fingerprint density at radius 2 is 1.62 bits per heavy atom. The van der Waals surface area contributed by atoms with Crippen LogP contribution in [0.2, 0.25) is 0 Å². The lowest BCUT2D eigenvalue weighted by atomic mass is 9.78. The smallest absolute Gasteiger partial charge is 0.198 e. The van der Waals surface area contributed by atoms with Crippen molar-refractivity contribution in [2.24, 2.45) is 0 Å². The first-order chi connectivity index (χ1) is 18.1. The minimum atomic E-state index is -0.647. The van der Waals surface area contributed by atoms with E-state index >= 15 is 0 Å². The van der Waals surface area contributed by atoms with Crippen LogP contribution in [-0.4, -0.2) is 20.0 Å². The van der Waals surface area contributed by atoms with E-state index in [0.717, 1.165) is 22.6 Å². The maximum Gasteiger partial charge on any atom is 0.198 e. The summed E-state index contributed by atoms with van der Waals surface area (Å²) in [6.45, 7) is 0. The number of para-hydroxylation sites is 3. The molecule has 2 aliphatic rings. The molecule has 37 heavy (non-hydrogen) atoms. The third-order valence-corrected chi connectivity index (χ3v) is 7.21. The first-order valence-corrected chi connectivity index (χ1v) is 12.2. The number of allylic oxidation sites excluding steroid dienone is 1. The van der Waals surface area contributed by atoms with Gasteiger partial charge in [0.15, 0.2) is 22.7 Å². The van der Waals surface area contributed by atoms with Crippen molar-refractivity contribution in [3.8, 4) is 11.5 Å². The molecule has 0 saturated heterocycles. The molecule has 2 N–H and O–H groups in total. The number of rotatable bonds is 4. The van der Waals surface area contributed by atoms with Gasteiger partial charge in [-0.1, -0.05) is 30.3 Å². The Balaban J connectivity index is 1.48. The van der Waals surface area contributed by atoms with Gasteiger partial charge in [-0.25, -0.2) is 0 Å². The standard InChI is InChI=1S/C30H26N2O5/c1-35-26-12-11-17(15-27(26)36-2)18-13-23-28(24(33)14-18)29(32-22-9-5-4-8-21(22)31-23)20-16-37-25-10-6-3-7-19(25)30(20)34/h3-12,15-16,18,29,31-32H,13-14H2,1-2H3/t18-,29-/m0/s1. The molecule has 7 nitrogen and oxygen atoms in total. The molecule has 0 radical (unpaired) electrons. The van der Waals surface area contributed by atoms with Gasteiger partial charge in [0.1, 0.15) is 11.8 Å². The van der Waals surface area contributed by atoms with Crippen LogP contribution in [0.1, 0.15) is 35.9 Å². The molecule has 0 amide bonds. The van der Waals surface area contributed by atoms with Crippen LogP contribution in [0.3, 0.4) is 0 Å². The molecule has 0 bridgehead atoms. The van der Waals surface area contributed by atoms with E-state index in [0.29, 0.717) is 46.4 Å². The zero-order valence-corrected chi connectivity index (χ0v) is 20.5. The molecule has 2 heterocycles. The van der Waals surface area contributed by atoms with E-state index in [1.165, 1.54) is 6.26 Å². The topological polar surface area (TPSA) is 89.8 Å². The lowest BCUT2D eigenvalue weighted by molar-refractivity contribution is -0.116. The number of carbonyl (C=O) groups is 1. The van der Waals surface area contributed by atoms with Gasteiger partial charge in [-0.2, -0.15) is 0 Å². The van der Waals surface area contributed by atoms with E-state index in [-0.39, 0.29) is 17.1 Å². The molecule has 6 rings (SSSR count). The van der Waals surface area contributed by atoms with Gasteiger partial charge in [0.2, 0.25) is 0 Å². The highest BCUT2D eigenvalue weighted by molar-refractivity contribution is 6.01. The van der Waals surface area contributed by atoms with Gasteiger partial charge in [0.25, 0.3) is 0 Å². The molecule has 0 fully saturated rings. The number of carbonyl (C=O) groups excluding carboxylic acids is 1. The van der Waals surface area contributed by atoms with Crippen molar-refractivity contribution < 1.29 is 18.7 Å². The predicted molar refractivity (Wildman–Crippen MR) is 142 cm³/mol. The number of fused-ring (bicyclic) bond motifs is 2. The monoisotopic (exact) mass is 494 g/mol. The average Bonchev–Trinajstić information content (AvgIpc) is 3.10. The zero-order chi connectivity index (χ0) is 25.5. The molecule has 1 aromatic heterocycles. The van der Waals surface area contributed by atoms with E-state index in [2.05, 4.69) is 10.6 Å². The van der Waals surface area contributed by atoms with Crippen molar-refractivity contribution in [3.05, 3.63) is 106 Å². The summed E-state index contributed by atoms with van der Waals surface area (Å²) in [4.78, 5) is 27.4. The molecule has 4 aromatic rings. The number of Topliss-reactive ketones (excluding diaryl/α,β-unsaturated/α-hetero) is 1. The number of methoxy groups -OCH3 is 2. The summed E-state index contributed by atoms with van der Waals surface area (Å²) >= 11 is 0. The van der Waals surface area contributed by atoms with E-state index in [1.54, 1.807) is 26.4 Å². The third-order valence-electron chi connectivity index (χ3n) is 7.21. The molecule has 0 saturated carbocycles. The average molecular weight is 495 g/mol. The van der Waals surface area contributed by atoms with Gasteiger partial charge in [-0.3, -0.25) is 9.59 Å². The third kappa shape index (κ3) is 3.93. The Kier molecular flexibility index (Phi) is 5.68. The first-order valence-electron chi connectivity index (χ1n) is 12.2. The highest BCUT2D eigenvalue weighted by atomic mass is 16.5. The highest BCUT2D eigenvalue weighted by Crippen LogP contribution is 2.45. The molecule has 0 spiro atoms. The van der Waals surface area contributed by atoms with Gasteiger partial charge in [0, 0.05) is 17.7 Å². The summed E-state index contributed by atoms with van der Waals surface area (Å²) in [7, 11) is 3.20. The molecule has 3 aromatic carbocycles. The fourth-order valence-corrected chi connectivity index (χ4v) is 5.36. The Bertz CT molecular complexity index is 1620. The van der Waals surface area contributed by atoms with Gasteiger partial charge < -0.3 is 24.5 Å². The number of ether oxygens (including phenoxy) is 2. The highest BCUT2D eigenvalue weighted by Gasteiger charge is 2.37. The van der Waals surface area contributed by atoms with Gasteiger partial charge in [-0.05, 0) is 54.3 Å². The van der Waals surface area contributed by atoms with Crippen LogP contribution in [-0.2, 0) is 4.79 Å². The minimum absolute atomic E-state index is 0.0219. The van der Waals surface area contributed by atoms with Crippen LogP contribution in [0.15, 0.2) is 93.5 Å². The van der Waals surface area contributed by atoms with Crippen LogP contribution in [0.25, 0.3) is 11.0 Å². The molecular weight excluding hydrogens is 468 g/mol. The Morgan fingerprint density at radius 1 is 0.865 bits per heavy atom. The minimum Gasteiger partial charge on any atom is -0.493 e. The number of benzene rings is 3. The van der Waals surface area contributed by atoms with Crippen molar-refractivity contribution >= 4 is 28.1 Å². The largest absolute Gasteiger partial charge is 0.493 e. The molecule has 0 unspecified atom stereocenters. The summed E-state index contributed by atoms with van der Waals surface area (Å²) < 4.78 is 16.7. The van der Waals surface area contributed by atoms with Crippen LogP contribution in [0, 0.1) is 0 Å². The van der Waals surface area contributed by atoms with Crippen molar-refractivity contribution in [3.63, 3.8) is 0 Å². The molecule has 2 atom stereocenters. The summed E-state index contributed by atoms with van der Waals surface area (Å²) in [5.74, 6) is 1.19. The Morgan fingerprint density at radius 3 is 2.43 bits per heavy atom. The van der Waals surface area contributed by atoms with E-state index in [4.69, 9.17) is 13.9 Å². The number of hydrogen-bond donors (Lipinski definition) is 2. The Hall–Kier alpha value is -4.52. The Labute approximate surface area is 213 Å². The number of nitrogens with one attached hydrogen (secondary N) is 2. The van der Waals surface area contributed by atoms with Crippen molar-refractivity contribution in [1.82, 2.24) is 0 Å². The summed E-state index contributed by atoms with van der Waals surface area (Å²) in [5.41, 5.74) is 4.78. The first kappa shape index (κ1) is 22.9. The maximum atomic E-state index is 13.8. The second-order valence-electron chi connectivity index (χ2n) is 9.30. The fraction of sp³-hybridized carbons (Fsp3) is 0.200. The summed E-state index contributed by atoms with van der Waals surface area (Å²) in [5, 5.41) is 7.45. The van der Waals surface area contributed by atoms with Gasteiger partial charge in [-0.15, -0.1) is 0 Å². The number of hydrogen-bond acceptors (Lipinski definition) is 7.